The highest BCUT2D eigenvalue weighted by Gasteiger charge is 2.28. The minimum atomic E-state index is -0.264. The number of amides is 1. The van der Waals surface area contributed by atoms with Crippen LogP contribution in [0.1, 0.15) is 49.7 Å². The Kier molecular flexibility index (Phi) is 6.06. The highest BCUT2D eigenvalue weighted by atomic mass is 16.1. The van der Waals surface area contributed by atoms with Gasteiger partial charge in [-0.1, -0.05) is 13.8 Å². The van der Waals surface area contributed by atoms with Gasteiger partial charge in [0.1, 0.15) is 12.1 Å². The van der Waals surface area contributed by atoms with E-state index in [4.69, 9.17) is 0 Å². The number of hydrogen-bond acceptors (Lipinski definition) is 7. The lowest BCUT2D eigenvalue weighted by molar-refractivity contribution is -0.109. The lowest BCUT2D eigenvalue weighted by atomic mass is 9.82. The summed E-state index contributed by atoms with van der Waals surface area (Å²) < 4.78 is 1.84. The Balaban J connectivity index is 1.28. The van der Waals surface area contributed by atoms with Crippen LogP contribution in [-0.2, 0) is 23.2 Å². The number of H-pyrrole nitrogens is 2. The summed E-state index contributed by atoms with van der Waals surface area (Å²) in [5, 5.41) is 9.98. The molecule has 0 saturated carbocycles. The number of aromatic amines is 2. The second kappa shape index (κ2) is 9.32. The monoisotopic (exact) mass is 475 g/mol. The Bertz CT molecular complexity index is 1380. The van der Waals surface area contributed by atoms with E-state index in [1.807, 2.05) is 22.8 Å². The van der Waals surface area contributed by atoms with Gasteiger partial charge in [0.2, 0.25) is 6.41 Å². The van der Waals surface area contributed by atoms with Crippen molar-refractivity contribution in [3.8, 4) is 0 Å². The Hall–Kier alpha value is -4.02. The van der Waals surface area contributed by atoms with E-state index in [0.29, 0.717) is 25.0 Å². The maximum absolute atomic E-state index is 12.6. The molecule has 3 N–H and O–H groups in total. The van der Waals surface area contributed by atoms with E-state index < -0.39 is 0 Å². The predicted molar refractivity (Wildman–Crippen MR) is 131 cm³/mol. The molecule has 0 unspecified atom stereocenters. The largest absolute Gasteiger partial charge is 0.356 e. The number of carbonyl (C=O) groups excluding carboxylic acids is 1. The molecule has 0 bridgehead atoms. The van der Waals surface area contributed by atoms with Gasteiger partial charge in [-0.15, -0.1) is 0 Å². The third kappa shape index (κ3) is 4.53. The third-order valence-electron chi connectivity index (χ3n) is 6.75. The number of aromatic nitrogens is 7. The average molecular weight is 476 g/mol. The summed E-state index contributed by atoms with van der Waals surface area (Å²) in [6.07, 6.45) is 8.11. The highest BCUT2D eigenvalue weighted by Crippen LogP contribution is 2.30. The summed E-state index contributed by atoms with van der Waals surface area (Å²) >= 11 is 0. The maximum Gasteiger partial charge on any atom is 0.327 e. The van der Waals surface area contributed by atoms with Gasteiger partial charge >= 0.3 is 5.69 Å². The van der Waals surface area contributed by atoms with Crippen molar-refractivity contribution in [2.45, 2.75) is 51.1 Å². The number of nitrogens with one attached hydrogen (secondary N) is 3. The zero-order valence-corrected chi connectivity index (χ0v) is 19.9. The van der Waals surface area contributed by atoms with Crippen LogP contribution >= 0.6 is 0 Å². The van der Waals surface area contributed by atoms with E-state index in [-0.39, 0.29) is 17.1 Å². The van der Waals surface area contributed by atoms with Crippen LogP contribution in [0, 0.1) is 0 Å². The number of piperidine rings is 1. The Morgan fingerprint density at radius 1 is 1.23 bits per heavy atom. The molecule has 11 nitrogen and oxygen atoms in total. The molecule has 5 rings (SSSR count). The topological polar surface area (TPSA) is 137 Å². The molecule has 4 aromatic rings. The summed E-state index contributed by atoms with van der Waals surface area (Å²) in [5.74, 6) is 0.893. The number of hydrogen-bond donors (Lipinski definition) is 3. The lowest BCUT2D eigenvalue weighted by Gasteiger charge is -2.33. The minimum Gasteiger partial charge on any atom is -0.356 e. The molecule has 35 heavy (non-hydrogen) atoms. The van der Waals surface area contributed by atoms with Gasteiger partial charge in [-0.3, -0.25) is 19.4 Å². The molecule has 0 aromatic carbocycles. The van der Waals surface area contributed by atoms with Crippen molar-refractivity contribution in [3.63, 3.8) is 0 Å². The van der Waals surface area contributed by atoms with Crippen LogP contribution in [0.25, 0.3) is 11.2 Å². The molecule has 0 atom stereocenters. The van der Waals surface area contributed by atoms with Crippen molar-refractivity contribution < 1.29 is 4.79 Å². The van der Waals surface area contributed by atoms with Crippen molar-refractivity contribution in [2.75, 3.05) is 18.0 Å². The minimum absolute atomic E-state index is 0.106. The van der Waals surface area contributed by atoms with E-state index in [2.05, 4.69) is 54.2 Å². The molecule has 0 aliphatic carbocycles. The van der Waals surface area contributed by atoms with Gasteiger partial charge in [-0.2, -0.15) is 5.10 Å². The van der Waals surface area contributed by atoms with Gasteiger partial charge in [0.15, 0.2) is 5.65 Å². The highest BCUT2D eigenvalue weighted by molar-refractivity contribution is 5.70. The molecule has 5 heterocycles. The average Bonchev–Trinajstić information content (AvgIpc) is 3.47. The number of pyridine rings is 1. The van der Waals surface area contributed by atoms with Crippen molar-refractivity contribution in [1.29, 1.82) is 0 Å². The fourth-order valence-electron chi connectivity index (χ4n) is 5.05. The Morgan fingerprint density at radius 2 is 2.06 bits per heavy atom. The molecule has 182 valence electrons. The first-order valence-electron chi connectivity index (χ1n) is 11.8. The van der Waals surface area contributed by atoms with E-state index in [0.717, 1.165) is 54.2 Å². The zero-order chi connectivity index (χ0) is 24.4. The normalized spacial score (nSPS) is 15.0. The summed E-state index contributed by atoms with van der Waals surface area (Å²) in [6.45, 7) is 6.29. The van der Waals surface area contributed by atoms with Crippen LogP contribution < -0.4 is 15.9 Å². The summed E-state index contributed by atoms with van der Waals surface area (Å²) in [5.41, 5.74) is 3.98. The first kappa shape index (κ1) is 22.8. The molecular formula is C24H29N9O2. The second-order valence-electron chi connectivity index (χ2n) is 9.59. The molecule has 1 aliphatic heterocycles. The molecule has 1 fully saturated rings. The van der Waals surface area contributed by atoms with Gasteiger partial charge in [0, 0.05) is 66.7 Å². The molecular weight excluding hydrogens is 446 g/mol. The molecule has 11 heteroatoms. The van der Waals surface area contributed by atoms with Crippen LogP contribution in [0.15, 0.2) is 41.7 Å². The predicted octanol–water partition coefficient (Wildman–Crippen LogP) is 1.85. The molecule has 4 aromatic heterocycles. The van der Waals surface area contributed by atoms with E-state index in [9.17, 15) is 9.59 Å². The molecule has 1 aliphatic rings. The first-order chi connectivity index (χ1) is 17.0. The van der Waals surface area contributed by atoms with Crippen molar-refractivity contribution in [1.82, 2.24) is 40.0 Å². The number of anilines is 1. The Morgan fingerprint density at radius 3 is 2.86 bits per heavy atom. The van der Waals surface area contributed by atoms with Gasteiger partial charge in [0.25, 0.3) is 0 Å². The van der Waals surface area contributed by atoms with Gasteiger partial charge in [-0.05, 0) is 25.0 Å². The van der Waals surface area contributed by atoms with Crippen LogP contribution in [0.5, 0.6) is 0 Å². The third-order valence-corrected chi connectivity index (χ3v) is 6.75. The quantitative estimate of drug-likeness (QED) is 0.331. The second-order valence-corrected chi connectivity index (χ2v) is 9.59. The van der Waals surface area contributed by atoms with Crippen LogP contribution in [-0.4, -0.2) is 54.2 Å². The van der Waals surface area contributed by atoms with E-state index >= 15 is 0 Å². The number of nitrogens with zero attached hydrogens (tertiary/aromatic N) is 6. The van der Waals surface area contributed by atoms with Crippen molar-refractivity contribution in [2.24, 2.45) is 0 Å². The first-order valence-corrected chi connectivity index (χ1v) is 11.8. The molecule has 1 amide bonds. The van der Waals surface area contributed by atoms with E-state index in [1.54, 1.807) is 18.7 Å². The number of fused-ring (bicyclic) bond motifs is 1. The summed E-state index contributed by atoms with van der Waals surface area (Å²) in [7, 11) is 0. The standard InChI is InChI=1S/C24H29N9O2/c1-24(2,21-16(12-25-15-34)13-29-31-21)11-17-10-20(28-14-27-17)32-8-5-18(6-9-32)33-19-4-3-7-26-22(19)30-23(33)35/h3-4,7,10,13-15,18H,5-6,8-9,11-12H2,1-2H3,(H,25,34)(H,29,31)(H,26,30,35). The number of carbonyl (C=O) groups is 1. The van der Waals surface area contributed by atoms with Crippen molar-refractivity contribution >= 4 is 23.4 Å². The van der Waals surface area contributed by atoms with Crippen LogP contribution in [0.3, 0.4) is 0 Å². The van der Waals surface area contributed by atoms with Gasteiger partial charge < -0.3 is 10.2 Å². The zero-order valence-electron chi connectivity index (χ0n) is 19.9. The molecule has 0 spiro atoms. The number of imidazole rings is 1. The van der Waals surface area contributed by atoms with Gasteiger partial charge in [0.05, 0.1) is 11.7 Å². The fraction of sp³-hybridized carbons (Fsp3) is 0.417. The smallest absolute Gasteiger partial charge is 0.327 e. The Labute approximate surface area is 202 Å². The van der Waals surface area contributed by atoms with Gasteiger partial charge in [-0.25, -0.2) is 19.7 Å². The molecule has 0 radical (unpaired) electrons. The SMILES string of the molecule is CC(C)(Cc1cc(N2CCC(n3c(=O)[nH]c4ncccc43)CC2)ncn1)c1[nH]ncc1CNC=O. The summed E-state index contributed by atoms with van der Waals surface area (Å²) in [4.78, 5) is 41.7. The van der Waals surface area contributed by atoms with Crippen LogP contribution in [0.4, 0.5) is 5.82 Å². The molecule has 1 saturated heterocycles. The number of rotatable bonds is 8. The lowest BCUT2D eigenvalue weighted by Crippen LogP contribution is -2.37. The van der Waals surface area contributed by atoms with E-state index in [1.165, 1.54) is 0 Å². The summed E-state index contributed by atoms with van der Waals surface area (Å²) in [6, 6.07) is 5.96. The fourth-order valence-corrected chi connectivity index (χ4v) is 5.05. The van der Waals surface area contributed by atoms with Crippen molar-refractivity contribution in [3.05, 3.63) is 64.4 Å². The van der Waals surface area contributed by atoms with Crippen LogP contribution in [0.2, 0.25) is 0 Å². The maximum atomic E-state index is 12.6.